The fourth-order valence-corrected chi connectivity index (χ4v) is 4.72. The van der Waals surface area contributed by atoms with E-state index in [-0.39, 0.29) is 16.9 Å². The summed E-state index contributed by atoms with van der Waals surface area (Å²) < 4.78 is 4.76. The molecule has 2 aromatic carbocycles. The zero-order chi connectivity index (χ0) is 28.7. The standard InChI is InChI=1S/C30H25N9O2/c1-18-8-12-22(13-9-18)39-27(19(2)34-29(40)25-26(31)36-38-15-5-14-32-28(25)38)35-23-7-4-6-21(24(23)30(39)41)11-10-20-16-33-37(3)17-20/h4-9,12-17,19H,1-3H3,(H3,31,34,36,40)/p+1. The van der Waals surface area contributed by atoms with Crippen LogP contribution >= 0.6 is 0 Å². The fourth-order valence-electron chi connectivity index (χ4n) is 4.72. The number of benzene rings is 2. The first-order chi connectivity index (χ1) is 19.8. The molecule has 1 atom stereocenters. The lowest BCUT2D eigenvalue weighted by atomic mass is 10.1. The van der Waals surface area contributed by atoms with E-state index >= 15 is 0 Å². The Hall–Kier alpha value is -5.76. The predicted molar refractivity (Wildman–Crippen MR) is 153 cm³/mol. The van der Waals surface area contributed by atoms with Gasteiger partial charge >= 0.3 is 5.65 Å². The zero-order valence-electron chi connectivity index (χ0n) is 22.6. The van der Waals surface area contributed by atoms with Crippen molar-refractivity contribution in [1.29, 1.82) is 0 Å². The number of hydrogen-bond donors (Lipinski definition) is 3. The van der Waals surface area contributed by atoms with Crippen LogP contribution in [0.1, 0.15) is 45.8 Å². The molecule has 202 valence electrons. The third-order valence-corrected chi connectivity index (χ3v) is 6.70. The summed E-state index contributed by atoms with van der Waals surface area (Å²) in [5.41, 5.74) is 9.82. The molecule has 0 spiro atoms. The zero-order valence-corrected chi connectivity index (χ0v) is 22.6. The van der Waals surface area contributed by atoms with E-state index in [0.29, 0.717) is 33.6 Å². The SMILES string of the molecule is Cc1ccc(-n2c(C(C)NC(=O)c3c(N)[nH][n+]4cccnc34)nc3cccc(C#Cc4cnn(C)c4)c3c2=O)cc1. The molecule has 0 aliphatic heterocycles. The Labute approximate surface area is 234 Å². The van der Waals surface area contributed by atoms with Crippen LogP contribution in [-0.2, 0) is 7.05 Å². The van der Waals surface area contributed by atoms with Gasteiger partial charge in [0, 0.05) is 24.9 Å². The minimum Gasteiger partial charge on any atom is -0.382 e. The molecule has 11 nitrogen and oxygen atoms in total. The highest BCUT2D eigenvalue weighted by molar-refractivity contribution is 6.03. The van der Waals surface area contributed by atoms with E-state index < -0.39 is 11.9 Å². The van der Waals surface area contributed by atoms with Crippen LogP contribution in [0.25, 0.3) is 22.2 Å². The van der Waals surface area contributed by atoms with Gasteiger partial charge in [-0.05, 0) is 43.1 Å². The van der Waals surface area contributed by atoms with Crippen molar-refractivity contribution in [2.24, 2.45) is 7.05 Å². The normalized spacial score (nSPS) is 11.8. The predicted octanol–water partition coefficient (Wildman–Crippen LogP) is 2.36. The minimum absolute atomic E-state index is 0.174. The molecule has 0 aliphatic rings. The molecule has 4 aromatic heterocycles. The van der Waals surface area contributed by atoms with Gasteiger partial charge in [-0.1, -0.05) is 35.6 Å². The third-order valence-electron chi connectivity index (χ3n) is 6.70. The number of fused-ring (bicyclic) bond motifs is 2. The van der Waals surface area contributed by atoms with E-state index in [4.69, 9.17) is 10.7 Å². The molecule has 1 amide bonds. The molecule has 1 unspecified atom stereocenters. The van der Waals surface area contributed by atoms with Gasteiger partial charge in [-0.25, -0.2) is 10.1 Å². The molecular formula is C30H26N9O2+. The Morgan fingerprint density at radius 2 is 1.95 bits per heavy atom. The first kappa shape index (κ1) is 25.5. The van der Waals surface area contributed by atoms with Crippen molar-refractivity contribution in [2.75, 3.05) is 5.73 Å². The number of nitrogens with zero attached hydrogens (tertiary/aromatic N) is 6. The molecule has 0 bridgehead atoms. The van der Waals surface area contributed by atoms with Gasteiger partial charge in [0.2, 0.25) is 0 Å². The highest BCUT2D eigenvalue weighted by Crippen LogP contribution is 2.22. The molecule has 0 aliphatic carbocycles. The smallest absolute Gasteiger partial charge is 0.362 e. The Bertz CT molecular complexity index is 2080. The average Bonchev–Trinajstić information content (AvgIpc) is 3.53. The summed E-state index contributed by atoms with van der Waals surface area (Å²) in [5.74, 6) is 6.27. The Morgan fingerprint density at radius 3 is 2.71 bits per heavy atom. The molecule has 0 fully saturated rings. The lowest BCUT2D eigenvalue weighted by molar-refractivity contribution is -0.577. The maximum absolute atomic E-state index is 14.2. The summed E-state index contributed by atoms with van der Waals surface area (Å²) in [4.78, 5) is 36.8. The van der Waals surface area contributed by atoms with Gasteiger partial charge in [-0.3, -0.25) is 18.8 Å². The number of hydrogen-bond acceptors (Lipinski definition) is 6. The summed E-state index contributed by atoms with van der Waals surface area (Å²) >= 11 is 0. The summed E-state index contributed by atoms with van der Waals surface area (Å²) in [7, 11) is 1.82. The van der Waals surface area contributed by atoms with Crippen LogP contribution in [0.2, 0.25) is 0 Å². The van der Waals surface area contributed by atoms with E-state index in [2.05, 4.69) is 32.3 Å². The number of carbonyl (C=O) groups excluding carboxylic acids is 1. The number of nitrogen functional groups attached to an aromatic ring is 1. The van der Waals surface area contributed by atoms with Gasteiger partial charge in [0.05, 0.1) is 34.4 Å². The number of nitrogens with two attached hydrogens (primary N) is 1. The first-order valence-electron chi connectivity index (χ1n) is 12.9. The van der Waals surface area contributed by atoms with Crippen LogP contribution in [-0.4, -0.2) is 35.3 Å². The number of aryl methyl sites for hydroxylation is 2. The quantitative estimate of drug-likeness (QED) is 0.230. The van der Waals surface area contributed by atoms with Crippen LogP contribution < -0.4 is 21.1 Å². The van der Waals surface area contributed by atoms with Crippen LogP contribution in [0.15, 0.2) is 78.1 Å². The van der Waals surface area contributed by atoms with Crippen molar-refractivity contribution < 1.29 is 9.31 Å². The molecular weight excluding hydrogens is 518 g/mol. The van der Waals surface area contributed by atoms with Crippen molar-refractivity contribution >= 4 is 28.3 Å². The number of carbonyl (C=O) groups is 1. The number of rotatable bonds is 4. The molecule has 0 saturated carbocycles. The largest absolute Gasteiger partial charge is 0.382 e. The van der Waals surface area contributed by atoms with Crippen LogP contribution in [0.3, 0.4) is 0 Å². The summed E-state index contributed by atoms with van der Waals surface area (Å²) in [6.45, 7) is 3.74. The first-order valence-corrected chi connectivity index (χ1v) is 12.9. The van der Waals surface area contributed by atoms with E-state index in [9.17, 15) is 9.59 Å². The van der Waals surface area contributed by atoms with Gasteiger partial charge < -0.3 is 11.1 Å². The van der Waals surface area contributed by atoms with Crippen molar-refractivity contribution in [3.05, 3.63) is 112 Å². The van der Waals surface area contributed by atoms with E-state index in [1.807, 2.05) is 38.2 Å². The molecule has 4 heterocycles. The monoisotopic (exact) mass is 544 g/mol. The highest BCUT2D eigenvalue weighted by atomic mass is 16.2. The van der Waals surface area contributed by atoms with E-state index in [1.54, 1.807) is 65.2 Å². The number of aromatic amines is 1. The Morgan fingerprint density at radius 1 is 1.15 bits per heavy atom. The number of aromatic nitrogens is 7. The maximum Gasteiger partial charge on any atom is 0.362 e. The second-order valence-corrected chi connectivity index (χ2v) is 9.71. The number of nitrogens with one attached hydrogen (secondary N) is 2. The maximum atomic E-state index is 14.2. The molecule has 0 saturated heterocycles. The van der Waals surface area contributed by atoms with Crippen LogP contribution in [0.4, 0.5) is 5.82 Å². The third kappa shape index (κ3) is 4.68. The highest BCUT2D eigenvalue weighted by Gasteiger charge is 2.27. The summed E-state index contributed by atoms with van der Waals surface area (Å²) in [6.07, 6.45) is 6.76. The van der Waals surface area contributed by atoms with Crippen LogP contribution in [0.5, 0.6) is 0 Å². The number of anilines is 1. The van der Waals surface area contributed by atoms with Crippen molar-refractivity contribution in [3.8, 4) is 17.5 Å². The Balaban J connectivity index is 1.49. The second kappa shape index (κ2) is 10.1. The summed E-state index contributed by atoms with van der Waals surface area (Å²) in [5, 5.41) is 10.4. The fraction of sp³-hybridized carbons (Fsp3) is 0.133. The molecule has 11 heteroatoms. The molecule has 0 radical (unpaired) electrons. The molecule has 6 rings (SSSR count). The second-order valence-electron chi connectivity index (χ2n) is 9.71. The molecule has 41 heavy (non-hydrogen) atoms. The van der Waals surface area contributed by atoms with Crippen molar-refractivity contribution in [3.63, 3.8) is 0 Å². The van der Waals surface area contributed by atoms with Crippen molar-refractivity contribution in [2.45, 2.75) is 19.9 Å². The van der Waals surface area contributed by atoms with Gasteiger partial charge in [0.25, 0.3) is 11.5 Å². The molecule has 6 aromatic rings. The van der Waals surface area contributed by atoms with Gasteiger partial charge in [0.1, 0.15) is 18.2 Å². The summed E-state index contributed by atoms with van der Waals surface area (Å²) in [6, 6.07) is 14.0. The van der Waals surface area contributed by atoms with Gasteiger partial charge in [-0.15, -0.1) is 4.52 Å². The van der Waals surface area contributed by atoms with Crippen molar-refractivity contribution in [1.82, 2.24) is 34.7 Å². The number of H-pyrrole nitrogens is 1. The van der Waals surface area contributed by atoms with Crippen LogP contribution in [0, 0.1) is 18.8 Å². The van der Waals surface area contributed by atoms with E-state index in [1.165, 1.54) is 4.57 Å². The molecule has 4 N–H and O–H groups in total. The average molecular weight is 545 g/mol. The number of amides is 1. The topological polar surface area (TPSA) is 141 Å². The minimum atomic E-state index is -0.677. The lowest BCUT2D eigenvalue weighted by Gasteiger charge is -2.20. The van der Waals surface area contributed by atoms with Gasteiger partial charge in [-0.2, -0.15) is 5.10 Å². The Kier molecular flexibility index (Phi) is 6.28. The lowest BCUT2D eigenvalue weighted by Crippen LogP contribution is -2.34. The van der Waals surface area contributed by atoms with E-state index in [0.717, 1.165) is 11.1 Å². The van der Waals surface area contributed by atoms with Gasteiger partial charge in [0.15, 0.2) is 11.4 Å².